The summed E-state index contributed by atoms with van der Waals surface area (Å²) >= 11 is 0. The highest BCUT2D eigenvalue weighted by Gasteiger charge is 2.22. The SMILES string of the molecule is CCCCCCCCCCCCN(CCCCCCCCCCCC)c1ccc2cc(C(=O)c3cc4ccc(N(CCCCCCCCCCCC)CCCCCCCCCCCC)cc4oc3=O)c(=O)oc2c1. The predicted octanol–water partition coefficient (Wildman–Crippen LogP) is 20.4. The Bertz CT molecular complexity index is 1970. The number of hydrogen-bond acceptors (Lipinski definition) is 7. The van der Waals surface area contributed by atoms with E-state index >= 15 is 0 Å². The molecule has 2 aromatic carbocycles. The quantitative estimate of drug-likeness (QED) is 0.0248. The van der Waals surface area contributed by atoms with Crippen LogP contribution in [0, 0.1) is 0 Å². The summed E-state index contributed by atoms with van der Waals surface area (Å²) in [7, 11) is 0. The highest BCUT2D eigenvalue weighted by molar-refractivity contribution is 6.10. The van der Waals surface area contributed by atoms with Gasteiger partial charge >= 0.3 is 11.3 Å². The maximum Gasteiger partial charge on any atom is 0.347 e. The van der Waals surface area contributed by atoms with E-state index in [1.165, 1.54) is 231 Å². The van der Waals surface area contributed by atoms with Crippen molar-refractivity contribution in [2.75, 3.05) is 36.0 Å². The third kappa shape index (κ3) is 25.3. The monoisotopic (exact) mass is 1020 g/mol. The molecule has 0 N–H and O–H groups in total. The Morgan fingerprint density at radius 2 is 0.554 bits per heavy atom. The van der Waals surface area contributed by atoms with Crippen molar-refractivity contribution in [2.24, 2.45) is 0 Å². The standard InChI is InChI=1S/C67H108N2O5/c1-5-9-13-17-21-25-29-33-37-41-49-68(50-42-38-34-30-26-22-18-14-10-6-2)59-47-45-57-53-61(66(71)73-63(57)55-59)65(70)62-54-58-46-48-60(56-64(58)74-67(62)72)69(51-43-39-35-31-27-23-19-15-11-7-3)52-44-40-36-32-28-24-20-16-12-8-4/h45-48,53-56H,5-44,49-52H2,1-4H3. The molecule has 0 saturated heterocycles. The van der Waals surface area contributed by atoms with Gasteiger partial charge in [-0.1, -0.05) is 259 Å². The van der Waals surface area contributed by atoms with E-state index in [0.29, 0.717) is 21.9 Å². The van der Waals surface area contributed by atoms with E-state index in [2.05, 4.69) is 49.6 Å². The zero-order valence-electron chi connectivity index (χ0n) is 48.2. The van der Waals surface area contributed by atoms with Gasteiger partial charge in [-0.3, -0.25) is 4.79 Å². The molecule has 7 nitrogen and oxygen atoms in total. The molecule has 0 aliphatic heterocycles. The molecule has 0 atom stereocenters. The van der Waals surface area contributed by atoms with E-state index in [1.807, 2.05) is 24.3 Å². The van der Waals surface area contributed by atoms with Crippen molar-refractivity contribution in [2.45, 2.75) is 285 Å². The number of fused-ring (bicyclic) bond motifs is 2. The van der Waals surface area contributed by atoms with Crippen LogP contribution in [0.2, 0.25) is 0 Å². The molecule has 7 heteroatoms. The zero-order valence-corrected chi connectivity index (χ0v) is 48.2. The van der Waals surface area contributed by atoms with Gasteiger partial charge in [0.15, 0.2) is 0 Å². The molecule has 0 bridgehead atoms. The summed E-state index contributed by atoms with van der Waals surface area (Å²) in [4.78, 5) is 46.3. The van der Waals surface area contributed by atoms with Crippen LogP contribution in [-0.4, -0.2) is 32.0 Å². The molecular formula is C67H108N2O5. The number of rotatable bonds is 48. The van der Waals surface area contributed by atoms with Crippen LogP contribution < -0.4 is 21.1 Å². The molecule has 0 radical (unpaired) electrons. The number of anilines is 2. The van der Waals surface area contributed by atoms with E-state index in [9.17, 15) is 14.4 Å². The molecule has 2 aromatic heterocycles. The molecular weight excluding hydrogens is 913 g/mol. The average molecular weight is 1020 g/mol. The molecule has 4 rings (SSSR count). The van der Waals surface area contributed by atoms with Gasteiger partial charge in [-0.05, 0) is 62.1 Å². The van der Waals surface area contributed by atoms with E-state index in [1.54, 1.807) is 12.1 Å². The number of carbonyl (C=O) groups excluding carboxylic acids is 1. The Kier molecular flexibility index (Phi) is 34.2. The molecule has 0 spiro atoms. The van der Waals surface area contributed by atoms with E-state index in [-0.39, 0.29) is 11.1 Å². The minimum atomic E-state index is -0.736. The largest absolute Gasteiger partial charge is 0.422 e. The van der Waals surface area contributed by atoms with Gasteiger partial charge in [-0.2, -0.15) is 0 Å². The fraction of sp³-hybridized carbons (Fsp3) is 0.716. The first-order valence-electron chi connectivity index (χ1n) is 31.6. The van der Waals surface area contributed by atoms with Crippen molar-refractivity contribution in [1.82, 2.24) is 0 Å². The van der Waals surface area contributed by atoms with Crippen LogP contribution in [0.1, 0.15) is 300 Å². The van der Waals surface area contributed by atoms with Crippen molar-refractivity contribution in [3.05, 3.63) is 80.5 Å². The highest BCUT2D eigenvalue weighted by atomic mass is 16.4. The highest BCUT2D eigenvalue weighted by Crippen LogP contribution is 2.27. The number of nitrogens with zero attached hydrogens (tertiary/aromatic N) is 2. The van der Waals surface area contributed by atoms with Crippen LogP contribution in [0.5, 0.6) is 0 Å². The topological polar surface area (TPSA) is 84.0 Å². The van der Waals surface area contributed by atoms with Crippen LogP contribution in [0.15, 0.2) is 67.0 Å². The second kappa shape index (κ2) is 40.4. The van der Waals surface area contributed by atoms with Gasteiger partial charge in [0.25, 0.3) is 0 Å². The number of unbranched alkanes of at least 4 members (excludes halogenated alkanes) is 36. The summed E-state index contributed by atoms with van der Waals surface area (Å²) < 4.78 is 11.8. The molecule has 0 fully saturated rings. The Morgan fingerprint density at radius 3 is 0.797 bits per heavy atom. The van der Waals surface area contributed by atoms with Gasteiger partial charge in [-0.25, -0.2) is 9.59 Å². The molecule has 4 aromatic rings. The summed E-state index contributed by atoms with van der Waals surface area (Å²) in [6, 6.07) is 15.2. The third-order valence-electron chi connectivity index (χ3n) is 15.8. The van der Waals surface area contributed by atoms with Crippen LogP contribution in [0.4, 0.5) is 11.4 Å². The molecule has 0 unspecified atom stereocenters. The lowest BCUT2D eigenvalue weighted by atomic mass is 10.0. The second-order valence-electron chi connectivity index (χ2n) is 22.4. The van der Waals surface area contributed by atoms with Crippen molar-refractivity contribution >= 4 is 39.1 Å². The maximum absolute atomic E-state index is 14.1. The summed E-state index contributed by atoms with van der Waals surface area (Å²) in [6.45, 7) is 13.0. The second-order valence-corrected chi connectivity index (χ2v) is 22.4. The van der Waals surface area contributed by atoms with E-state index < -0.39 is 17.0 Å². The molecule has 416 valence electrons. The lowest BCUT2D eigenvalue weighted by Gasteiger charge is -2.25. The van der Waals surface area contributed by atoms with Crippen LogP contribution >= 0.6 is 0 Å². The Hall–Kier alpha value is -3.87. The Balaban J connectivity index is 1.41. The molecule has 0 saturated carbocycles. The first-order valence-corrected chi connectivity index (χ1v) is 31.6. The fourth-order valence-corrected chi connectivity index (χ4v) is 11.0. The zero-order chi connectivity index (χ0) is 52.7. The van der Waals surface area contributed by atoms with E-state index in [0.717, 1.165) is 63.2 Å². The minimum absolute atomic E-state index is 0.153. The fourth-order valence-electron chi connectivity index (χ4n) is 11.0. The van der Waals surface area contributed by atoms with Gasteiger partial charge in [0.1, 0.15) is 22.3 Å². The van der Waals surface area contributed by atoms with Crippen molar-refractivity contribution in [3.63, 3.8) is 0 Å². The summed E-state index contributed by atoms with van der Waals surface area (Å²) in [6.07, 6.45) is 52.1. The van der Waals surface area contributed by atoms with Crippen LogP contribution in [0.25, 0.3) is 21.9 Å². The van der Waals surface area contributed by atoms with Gasteiger partial charge < -0.3 is 18.6 Å². The normalized spacial score (nSPS) is 11.6. The molecule has 0 aliphatic rings. The van der Waals surface area contributed by atoms with Gasteiger partial charge in [0, 0.05) is 60.5 Å². The van der Waals surface area contributed by atoms with Gasteiger partial charge in [0.2, 0.25) is 5.78 Å². The maximum atomic E-state index is 14.1. The van der Waals surface area contributed by atoms with Crippen LogP contribution in [0.3, 0.4) is 0 Å². The van der Waals surface area contributed by atoms with E-state index in [4.69, 9.17) is 8.83 Å². The van der Waals surface area contributed by atoms with Crippen molar-refractivity contribution in [3.8, 4) is 0 Å². The average Bonchev–Trinajstić information content (AvgIpc) is 3.40. The predicted molar refractivity (Wildman–Crippen MR) is 320 cm³/mol. The molecule has 0 amide bonds. The lowest BCUT2D eigenvalue weighted by Crippen LogP contribution is -2.26. The number of ketones is 1. The smallest absolute Gasteiger partial charge is 0.347 e. The summed E-state index contributed by atoms with van der Waals surface area (Å²) in [5, 5.41) is 1.32. The first kappa shape index (κ1) is 62.7. The minimum Gasteiger partial charge on any atom is -0.422 e. The van der Waals surface area contributed by atoms with Crippen LogP contribution in [-0.2, 0) is 0 Å². The first-order chi connectivity index (χ1) is 36.4. The Morgan fingerprint density at radius 1 is 0.324 bits per heavy atom. The van der Waals surface area contributed by atoms with Gasteiger partial charge in [0.05, 0.1) is 0 Å². The molecule has 0 aliphatic carbocycles. The third-order valence-corrected chi connectivity index (χ3v) is 15.8. The lowest BCUT2D eigenvalue weighted by molar-refractivity contribution is 0.103. The van der Waals surface area contributed by atoms with Crippen molar-refractivity contribution in [1.29, 1.82) is 0 Å². The van der Waals surface area contributed by atoms with Gasteiger partial charge in [-0.15, -0.1) is 0 Å². The number of benzene rings is 2. The number of carbonyl (C=O) groups is 1. The molecule has 74 heavy (non-hydrogen) atoms. The van der Waals surface area contributed by atoms with Crippen molar-refractivity contribution < 1.29 is 13.6 Å². The Labute approximate surface area is 451 Å². The number of hydrogen-bond donors (Lipinski definition) is 0. The molecule has 2 heterocycles. The summed E-state index contributed by atoms with van der Waals surface area (Å²) in [5.74, 6) is -0.670. The summed E-state index contributed by atoms with van der Waals surface area (Å²) in [5.41, 5.74) is 1.23.